The summed E-state index contributed by atoms with van der Waals surface area (Å²) in [4.78, 5) is 47.9. The minimum absolute atomic E-state index is 0.172. The van der Waals surface area contributed by atoms with E-state index in [9.17, 15) is 19.2 Å². The molecule has 8 heteroatoms. The van der Waals surface area contributed by atoms with E-state index < -0.39 is 18.1 Å². The zero-order chi connectivity index (χ0) is 21.0. The number of aldehydes is 1. The normalized spacial score (nSPS) is 14.4. The van der Waals surface area contributed by atoms with Gasteiger partial charge in [0.05, 0.1) is 6.04 Å². The first-order valence-electron chi connectivity index (χ1n) is 9.42. The van der Waals surface area contributed by atoms with E-state index in [1.807, 2.05) is 34.0 Å². The van der Waals surface area contributed by atoms with Crippen LogP contribution in [0.15, 0.2) is 0 Å². The minimum atomic E-state index is -0.752. The first-order valence-corrected chi connectivity index (χ1v) is 10.8. The maximum atomic E-state index is 12.7. The van der Waals surface area contributed by atoms with Crippen LogP contribution in [0, 0.1) is 11.8 Å². The van der Waals surface area contributed by atoms with Crippen LogP contribution >= 0.6 is 11.8 Å². The third kappa shape index (κ3) is 11.7. The van der Waals surface area contributed by atoms with E-state index in [4.69, 9.17) is 0 Å². The molecule has 0 heterocycles. The maximum Gasteiger partial charge on any atom is 0.243 e. The second-order valence-electron chi connectivity index (χ2n) is 7.61. The van der Waals surface area contributed by atoms with E-state index in [2.05, 4.69) is 16.0 Å². The Morgan fingerprint density at radius 2 is 1.37 bits per heavy atom. The molecule has 3 atom stereocenters. The first kappa shape index (κ1) is 25.4. The van der Waals surface area contributed by atoms with Crippen molar-refractivity contribution < 1.29 is 19.2 Å². The molecule has 0 fully saturated rings. The SMILES string of the molecule is CSCC[C@H](C=O)NC(=O)[C@@H](CC(C)C)NC(=O)[C@@H](CC(C)C)NC(C)=O. The van der Waals surface area contributed by atoms with Gasteiger partial charge in [0.15, 0.2) is 0 Å². The van der Waals surface area contributed by atoms with E-state index in [-0.39, 0.29) is 29.6 Å². The number of rotatable bonds is 13. The van der Waals surface area contributed by atoms with Gasteiger partial charge in [0.2, 0.25) is 17.7 Å². The van der Waals surface area contributed by atoms with Crippen molar-refractivity contribution in [1.29, 1.82) is 0 Å². The second-order valence-corrected chi connectivity index (χ2v) is 8.59. The number of nitrogens with one attached hydrogen (secondary N) is 3. The summed E-state index contributed by atoms with van der Waals surface area (Å²) >= 11 is 1.60. The maximum absolute atomic E-state index is 12.7. The summed E-state index contributed by atoms with van der Waals surface area (Å²) in [5, 5.41) is 8.11. The van der Waals surface area contributed by atoms with E-state index in [1.54, 1.807) is 11.8 Å². The quantitative estimate of drug-likeness (QED) is 0.406. The van der Waals surface area contributed by atoms with Crippen LogP contribution in [0.3, 0.4) is 0 Å². The lowest BCUT2D eigenvalue weighted by Crippen LogP contribution is -2.55. The molecule has 0 radical (unpaired) electrons. The van der Waals surface area contributed by atoms with Crippen molar-refractivity contribution in [3.63, 3.8) is 0 Å². The van der Waals surface area contributed by atoms with Crippen molar-refractivity contribution in [2.75, 3.05) is 12.0 Å². The molecule has 27 heavy (non-hydrogen) atoms. The molecule has 0 aliphatic rings. The van der Waals surface area contributed by atoms with Crippen LogP contribution in [0.4, 0.5) is 0 Å². The number of carbonyl (C=O) groups excluding carboxylic acids is 4. The first-order chi connectivity index (χ1) is 12.6. The van der Waals surface area contributed by atoms with Crippen LogP contribution in [0.5, 0.6) is 0 Å². The van der Waals surface area contributed by atoms with Crippen molar-refractivity contribution in [2.45, 2.75) is 72.0 Å². The number of thioether (sulfide) groups is 1. The Labute approximate surface area is 167 Å². The zero-order valence-corrected chi connectivity index (χ0v) is 18.2. The molecule has 0 saturated heterocycles. The molecule has 0 rings (SSSR count). The van der Waals surface area contributed by atoms with Crippen molar-refractivity contribution >= 4 is 35.8 Å². The van der Waals surface area contributed by atoms with Crippen LogP contribution in [-0.4, -0.2) is 54.1 Å². The van der Waals surface area contributed by atoms with Gasteiger partial charge in [-0.15, -0.1) is 0 Å². The van der Waals surface area contributed by atoms with Gasteiger partial charge in [0.25, 0.3) is 0 Å². The Balaban J connectivity index is 5.14. The van der Waals surface area contributed by atoms with E-state index >= 15 is 0 Å². The predicted octanol–water partition coefficient (Wildman–Crippen LogP) is 1.50. The summed E-state index contributed by atoms with van der Waals surface area (Å²) in [6, 6.07) is -2.01. The molecule has 3 N–H and O–H groups in total. The highest BCUT2D eigenvalue weighted by Crippen LogP contribution is 2.09. The second kappa shape index (κ2) is 13.6. The molecule has 0 spiro atoms. The molecule has 0 aliphatic heterocycles. The Kier molecular flexibility index (Phi) is 12.8. The summed E-state index contributed by atoms with van der Waals surface area (Å²) in [6.45, 7) is 9.19. The molecule has 0 bridgehead atoms. The monoisotopic (exact) mass is 401 g/mol. The summed E-state index contributed by atoms with van der Waals surface area (Å²) in [5.74, 6) is 0.0814. The molecule has 0 unspecified atom stereocenters. The van der Waals surface area contributed by atoms with Gasteiger partial charge in [-0.25, -0.2) is 0 Å². The van der Waals surface area contributed by atoms with Gasteiger partial charge in [0, 0.05) is 6.92 Å². The molecular weight excluding hydrogens is 366 g/mol. The molecule has 0 aromatic carbocycles. The molecular formula is C19H35N3O4S. The molecule has 3 amide bonds. The van der Waals surface area contributed by atoms with E-state index in [0.717, 1.165) is 12.0 Å². The summed E-state index contributed by atoms with van der Waals surface area (Å²) < 4.78 is 0. The van der Waals surface area contributed by atoms with Crippen LogP contribution in [0.25, 0.3) is 0 Å². The smallest absolute Gasteiger partial charge is 0.243 e. The summed E-state index contributed by atoms with van der Waals surface area (Å²) in [7, 11) is 0. The summed E-state index contributed by atoms with van der Waals surface area (Å²) in [6.07, 6.45) is 4.12. The Hall–Kier alpha value is -1.57. The summed E-state index contributed by atoms with van der Waals surface area (Å²) in [5.41, 5.74) is 0. The molecule has 0 aromatic heterocycles. The topological polar surface area (TPSA) is 104 Å². The molecule has 0 aliphatic carbocycles. The van der Waals surface area contributed by atoms with Crippen molar-refractivity contribution in [3.8, 4) is 0 Å². The zero-order valence-electron chi connectivity index (χ0n) is 17.3. The Morgan fingerprint density at radius 1 is 0.889 bits per heavy atom. The Morgan fingerprint density at radius 3 is 1.78 bits per heavy atom. The fourth-order valence-electron chi connectivity index (χ4n) is 2.63. The Bertz CT molecular complexity index is 497. The van der Waals surface area contributed by atoms with Gasteiger partial charge in [0.1, 0.15) is 18.4 Å². The number of hydrogen-bond donors (Lipinski definition) is 3. The standard InChI is InChI=1S/C19H35N3O4S/c1-12(2)9-16(20-14(5)24)19(26)22-17(10-13(3)4)18(25)21-15(11-23)7-8-27-6/h11-13,15-17H,7-10H2,1-6H3,(H,20,24)(H,21,25)(H,22,26)/t15-,16-,17-/m1/s1. The van der Waals surface area contributed by atoms with E-state index in [1.165, 1.54) is 6.92 Å². The van der Waals surface area contributed by atoms with Gasteiger partial charge in [-0.2, -0.15) is 11.8 Å². The average molecular weight is 402 g/mol. The third-order valence-corrected chi connectivity index (χ3v) is 4.51. The third-order valence-electron chi connectivity index (χ3n) is 3.87. The highest BCUT2D eigenvalue weighted by molar-refractivity contribution is 7.98. The van der Waals surface area contributed by atoms with Crippen molar-refractivity contribution in [2.24, 2.45) is 11.8 Å². The number of hydrogen-bond acceptors (Lipinski definition) is 5. The number of carbonyl (C=O) groups is 4. The van der Waals surface area contributed by atoms with Crippen LogP contribution < -0.4 is 16.0 Å². The molecule has 0 saturated carbocycles. The predicted molar refractivity (Wildman–Crippen MR) is 109 cm³/mol. The highest BCUT2D eigenvalue weighted by atomic mass is 32.2. The lowest BCUT2D eigenvalue weighted by Gasteiger charge is -2.25. The van der Waals surface area contributed by atoms with Crippen molar-refractivity contribution in [1.82, 2.24) is 16.0 Å². The fourth-order valence-corrected chi connectivity index (χ4v) is 3.12. The average Bonchev–Trinajstić information content (AvgIpc) is 2.55. The molecule has 156 valence electrons. The van der Waals surface area contributed by atoms with E-state index in [0.29, 0.717) is 19.3 Å². The van der Waals surface area contributed by atoms with Gasteiger partial charge in [-0.05, 0) is 43.1 Å². The molecule has 0 aromatic rings. The fraction of sp³-hybridized carbons (Fsp3) is 0.789. The lowest BCUT2D eigenvalue weighted by molar-refractivity contribution is -0.133. The minimum Gasteiger partial charge on any atom is -0.345 e. The van der Waals surface area contributed by atoms with Gasteiger partial charge < -0.3 is 20.7 Å². The van der Waals surface area contributed by atoms with Crippen LogP contribution in [0.2, 0.25) is 0 Å². The van der Waals surface area contributed by atoms with Crippen LogP contribution in [-0.2, 0) is 19.2 Å². The van der Waals surface area contributed by atoms with Crippen molar-refractivity contribution in [3.05, 3.63) is 0 Å². The largest absolute Gasteiger partial charge is 0.345 e. The van der Waals surface area contributed by atoms with Gasteiger partial charge in [-0.3, -0.25) is 14.4 Å². The molecule has 7 nitrogen and oxygen atoms in total. The lowest BCUT2D eigenvalue weighted by atomic mass is 10.00. The van der Waals surface area contributed by atoms with Gasteiger partial charge >= 0.3 is 0 Å². The highest BCUT2D eigenvalue weighted by Gasteiger charge is 2.28. The number of amides is 3. The van der Waals surface area contributed by atoms with Crippen LogP contribution in [0.1, 0.15) is 53.9 Å². The van der Waals surface area contributed by atoms with Gasteiger partial charge in [-0.1, -0.05) is 27.7 Å².